The first-order valence-electron chi connectivity index (χ1n) is 8.35. The first-order chi connectivity index (χ1) is 13.2. The molecule has 4 aromatic rings. The number of thiazole rings is 2. The molecule has 3 heterocycles. The lowest BCUT2D eigenvalue weighted by atomic mass is 10.1. The van der Waals surface area contributed by atoms with E-state index < -0.39 is 0 Å². The van der Waals surface area contributed by atoms with Crippen LogP contribution in [0, 0.1) is 6.92 Å². The Kier molecular flexibility index (Phi) is 5.04. The van der Waals surface area contributed by atoms with Crippen molar-refractivity contribution in [2.75, 3.05) is 5.32 Å². The molecule has 4 rings (SSSR count). The van der Waals surface area contributed by atoms with Gasteiger partial charge in [0.2, 0.25) is 5.91 Å². The number of amides is 1. The number of nitrogens with one attached hydrogen (secondary N) is 1. The van der Waals surface area contributed by atoms with Gasteiger partial charge < -0.3 is 5.32 Å². The van der Waals surface area contributed by atoms with E-state index in [-0.39, 0.29) is 12.3 Å². The van der Waals surface area contributed by atoms with Gasteiger partial charge in [-0.15, -0.1) is 11.3 Å². The number of rotatable bonds is 5. The lowest BCUT2D eigenvalue weighted by Crippen LogP contribution is -2.14. The van der Waals surface area contributed by atoms with Crippen LogP contribution in [0.2, 0.25) is 0 Å². The summed E-state index contributed by atoms with van der Waals surface area (Å²) in [7, 11) is 0. The average Bonchev–Trinajstić information content (AvgIpc) is 3.33. The number of aromatic nitrogens is 3. The standard InChI is InChI=1S/C20H16N4OS2/c1-13-5-2-3-7-16(13)17-11-22-20(27-17)24-18(25)9-15-12-26-19(23-15)14-6-4-8-21-10-14/h2-8,10-12H,9H2,1H3,(H,22,24,25). The molecule has 0 saturated carbocycles. The van der Waals surface area contributed by atoms with Crippen molar-refractivity contribution in [1.82, 2.24) is 15.0 Å². The molecule has 0 aliphatic heterocycles. The van der Waals surface area contributed by atoms with Crippen LogP contribution in [0.5, 0.6) is 0 Å². The maximum absolute atomic E-state index is 12.3. The van der Waals surface area contributed by atoms with Crippen molar-refractivity contribution in [3.05, 3.63) is 71.6 Å². The van der Waals surface area contributed by atoms with Crippen molar-refractivity contribution in [2.24, 2.45) is 0 Å². The molecule has 1 amide bonds. The largest absolute Gasteiger partial charge is 0.302 e. The molecule has 0 radical (unpaired) electrons. The zero-order valence-electron chi connectivity index (χ0n) is 14.5. The van der Waals surface area contributed by atoms with Gasteiger partial charge in [-0.3, -0.25) is 9.78 Å². The van der Waals surface area contributed by atoms with Gasteiger partial charge in [0.15, 0.2) is 5.13 Å². The summed E-state index contributed by atoms with van der Waals surface area (Å²) in [6, 6.07) is 12.0. The number of hydrogen-bond donors (Lipinski definition) is 1. The van der Waals surface area contributed by atoms with Crippen molar-refractivity contribution >= 4 is 33.7 Å². The Morgan fingerprint density at radius 1 is 1.15 bits per heavy atom. The van der Waals surface area contributed by atoms with E-state index >= 15 is 0 Å². The second kappa shape index (κ2) is 7.77. The van der Waals surface area contributed by atoms with Crippen molar-refractivity contribution in [3.8, 4) is 21.0 Å². The van der Waals surface area contributed by atoms with Crippen LogP contribution in [0.1, 0.15) is 11.3 Å². The average molecular weight is 393 g/mol. The van der Waals surface area contributed by atoms with Crippen LogP contribution in [0.4, 0.5) is 5.13 Å². The molecule has 0 aliphatic carbocycles. The third kappa shape index (κ3) is 4.10. The molecule has 0 spiro atoms. The summed E-state index contributed by atoms with van der Waals surface area (Å²) in [5.74, 6) is -0.122. The smallest absolute Gasteiger partial charge is 0.232 e. The number of carbonyl (C=O) groups is 1. The molecule has 3 aromatic heterocycles. The number of nitrogens with zero attached hydrogens (tertiary/aromatic N) is 3. The molecule has 134 valence electrons. The van der Waals surface area contributed by atoms with E-state index in [0.717, 1.165) is 26.7 Å². The normalized spacial score (nSPS) is 10.7. The van der Waals surface area contributed by atoms with Crippen molar-refractivity contribution in [1.29, 1.82) is 0 Å². The summed E-state index contributed by atoms with van der Waals surface area (Å²) in [5.41, 5.74) is 4.02. The minimum absolute atomic E-state index is 0.122. The summed E-state index contributed by atoms with van der Waals surface area (Å²) >= 11 is 2.98. The molecule has 27 heavy (non-hydrogen) atoms. The topological polar surface area (TPSA) is 67.8 Å². The summed E-state index contributed by atoms with van der Waals surface area (Å²) in [5, 5.41) is 6.24. The van der Waals surface area contributed by atoms with E-state index in [4.69, 9.17) is 0 Å². The van der Waals surface area contributed by atoms with Crippen LogP contribution in [0.3, 0.4) is 0 Å². The molecule has 0 bridgehead atoms. The van der Waals surface area contributed by atoms with E-state index in [1.165, 1.54) is 28.2 Å². The predicted octanol–water partition coefficient (Wildman–Crippen LogP) is 4.82. The Labute approximate surface area is 164 Å². The van der Waals surface area contributed by atoms with E-state index in [1.54, 1.807) is 18.6 Å². The molecule has 5 nitrogen and oxygen atoms in total. The van der Waals surface area contributed by atoms with Gasteiger partial charge >= 0.3 is 0 Å². The fourth-order valence-electron chi connectivity index (χ4n) is 2.64. The van der Waals surface area contributed by atoms with Crippen LogP contribution in [0.15, 0.2) is 60.4 Å². The van der Waals surface area contributed by atoms with Crippen LogP contribution in [-0.4, -0.2) is 20.9 Å². The fraction of sp³-hybridized carbons (Fsp3) is 0.100. The Hall–Kier alpha value is -2.90. The van der Waals surface area contributed by atoms with E-state index in [0.29, 0.717) is 5.13 Å². The quantitative estimate of drug-likeness (QED) is 0.529. The highest BCUT2D eigenvalue weighted by molar-refractivity contribution is 7.19. The third-order valence-corrected chi connectivity index (χ3v) is 5.85. The number of pyridine rings is 1. The van der Waals surface area contributed by atoms with Gasteiger partial charge in [0.1, 0.15) is 5.01 Å². The number of hydrogen-bond acceptors (Lipinski definition) is 6. The van der Waals surface area contributed by atoms with Gasteiger partial charge in [0, 0.05) is 29.5 Å². The van der Waals surface area contributed by atoms with E-state index in [1.807, 2.05) is 29.6 Å². The molecule has 1 aromatic carbocycles. The summed E-state index contributed by atoms with van der Waals surface area (Å²) in [6.07, 6.45) is 5.51. The maximum Gasteiger partial charge on any atom is 0.232 e. The van der Waals surface area contributed by atoms with Crippen molar-refractivity contribution in [2.45, 2.75) is 13.3 Å². The zero-order valence-corrected chi connectivity index (χ0v) is 16.2. The van der Waals surface area contributed by atoms with Gasteiger partial charge in [-0.1, -0.05) is 35.6 Å². The molecule has 0 unspecified atom stereocenters. The molecule has 0 saturated heterocycles. The third-order valence-electron chi connectivity index (χ3n) is 3.96. The molecule has 0 aliphatic rings. The number of carbonyl (C=O) groups excluding carboxylic acids is 1. The number of aryl methyl sites for hydroxylation is 1. The highest BCUT2D eigenvalue weighted by Gasteiger charge is 2.12. The van der Waals surface area contributed by atoms with Gasteiger partial charge in [0.05, 0.1) is 17.0 Å². The van der Waals surface area contributed by atoms with Gasteiger partial charge in [-0.2, -0.15) is 0 Å². The van der Waals surface area contributed by atoms with Crippen molar-refractivity contribution in [3.63, 3.8) is 0 Å². The molecule has 0 atom stereocenters. The highest BCUT2D eigenvalue weighted by Crippen LogP contribution is 2.31. The Bertz CT molecular complexity index is 1070. The van der Waals surface area contributed by atoms with E-state index in [2.05, 4.69) is 39.3 Å². The Balaban J connectivity index is 1.42. The van der Waals surface area contributed by atoms with Gasteiger partial charge in [-0.05, 0) is 30.2 Å². The van der Waals surface area contributed by atoms with Gasteiger partial charge in [0.25, 0.3) is 0 Å². The molecular formula is C20H16N4OS2. The summed E-state index contributed by atoms with van der Waals surface area (Å²) < 4.78 is 0. The predicted molar refractivity (Wildman–Crippen MR) is 110 cm³/mol. The summed E-state index contributed by atoms with van der Waals surface area (Å²) in [4.78, 5) is 26.3. The van der Waals surface area contributed by atoms with Crippen LogP contribution in [0.25, 0.3) is 21.0 Å². The molecule has 1 N–H and O–H groups in total. The Morgan fingerprint density at radius 3 is 2.85 bits per heavy atom. The fourth-order valence-corrected chi connectivity index (χ4v) is 4.38. The minimum atomic E-state index is -0.122. The Morgan fingerprint density at radius 2 is 2.04 bits per heavy atom. The molecular weight excluding hydrogens is 376 g/mol. The highest BCUT2D eigenvalue weighted by atomic mass is 32.1. The first kappa shape index (κ1) is 17.5. The van der Waals surface area contributed by atoms with Crippen LogP contribution >= 0.6 is 22.7 Å². The minimum Gasteiger partial charge on any atom is -0.302 e. The second-order valence-electron chi connectivity index (χ2n) is 5.96. The zero-order chi connectivity index (χ0) is 18.6. The molecule has 0 fully saturated rings. The first-order valence-corrected chi connectivity index (χ1v) is 10.0. The monoisotopic (exact) mass is 392 g/mol. The SMILES string of the molecule is Cc1ccccc1-c1cnc(NC(=O)Cc2csc(-c3cccnc3)n2)s1. The maximum atomic E-state index is 12.3. The van der Waals surface area contributed by atoms with Gasteiger partial charge in [-0.25, -0.2) is 9.97 Å². The summed E-state index contributed by atoms with van der Waals surface area (Å²) in [6.45, 7) is 2.06. The lowest BCUT2D eigenvalue weighted by Gasteiger charge is -2.01. The number of benzene rings is 1. The second-order valence-corrected chi connectivity index (χ2v) is 7.84. The number of anilines is 1. The van der Waals surface area contributed by atoms with Crippen LogP contribution in [-0.2, 0) is 11.2 Å². The lowest BCUT2D eigenvalue weighted by molar-refractivity contribution is -0.115. The van der Waals surface area contributed by atoms with Crippen LogP contribution < -0.4 is 5.32 Å². The van der Waals surface area contributed by atoms with E-state index in [9.17, 15) is 4.79 Å². The van der Waals surface area contributed by atoms with Crippen molar-refractivity contribution < 1.29 is 4.79 Å². The molecule has 7 heteroatoms.